The monoisotopic (exact) mass is 663 g/mol. The number of nitrogens with zero attached hydrogens (tertiary/aromatic N) is 3. The number of rotatable bonds is 3. The van der Waals surface area contributed by atoms with E-state index in [0.29, 0.717) is 11.4 Å². The van der Waals surface area contributed by atoms with Gasteiger partial charge in [-0.15, -0.1) is 0 Å². The van der Waals surface area contributed by atoms with Crippen molar-refractivity contribution < 1.29 is 4.42 Å². The Kier molecular flexibility index (Phi) is 5.58. The van der Waals surface area contributed by atoms with Crippen molar-refractivity contribution in [3.63, 3.8) is 0 Å². The molecular weight excluding hydrogens is 635 g/mol. The molecular formula is C48H29N3O. The predicted octanol–water partition coefficient (Wildman–Crippen LogP) is 12.1. The first-order valence-corrected chi connectivity index (χ1v) is 17.9. The lowest BCUT2D eigenvalue weighted by atomic mass is 9.76. The van der Waals surface area contributed by atoms with Crippen LogP contribution < -0.4 is 0 Å². The molecule has 0 N–H and O–H groups in total. The number of aromatic nitrogens is 3. The minimum atomic E-state index is 0.289. The molecule has 3 heterocycles. The first-order chi connectivity index (χ1) is 25.8. The largest absolute Gasteiger partial charge is 0.450 e. The molecule has 0 saturated heterocycles. The number of hydrogen-bond donors (Lipinski definition) is 0. The third kappa shape index (κ3) is 3.76. The molecule has 12 rings (SSSR count). The molecule has 0 aliphatic heterocycles. The van der Waals surface area contributed by atoms with Gasteiger partial charge >= 0.3 is 0 Å². The fourth-order valence-electron chi connectivity index (χ4n) is 9.11. The molecule has 1 unspecified atom stereocenters. The fraction of sp³-hybridized carbons (Fsp3) is 0.0417. The summed E-state index contributed by atoms with van der Waals surface area (Å²) in [4.78, 5) is 10.5. The van der Waals surface area contributed by atoms with E-state index in [1.54, 1.807) is 0 Å². The first-order valence-electron chi connectivity index (χ1n) is 17.9. The van der Waals surface area contributed by atoms with E-state index in [4.69, 9.17) is 14.4 Å². The molecule has 2 aliphatic rings. The Balaban J connectivity index is 1.25. The average molecular weight is 664 g/mol. The third-order valence-corrected chi connectivity index (χ3v) is 11.3. The smallest absolute Gasteiger partial charge is 0.197 e. The summed E-state index contributed by atoms with van der Waals surface area (Å²) in [5.41, 5.74) is 17.4. The highest BCUT2D eigenvalue weighted by molar-refractivity contribution is 6.20. The highest BCUT2D eigenvalue weighted by Gasteiger charge is 2.38. The maximum absolute atomic E-state index is 6.70. The molecule has 4 nitrogen and oxygen atoms in total. The highest BCUT2D eigenvalue weighted by Crippen LogP contribution is 2.58. The van der Waals surface area contributed by atoms with Crippen LogP contribution in [-0.4, -0.2) is 14.5 Å². The normalized spacial score (nSPS) is 14.3. The molecule has 0 saturated carbocycles. The summed E-state index contributed by atoms with van der Waals surface area (Å²) >= 11 is 0. The van der Waals surface area contributed by atoms with Gasteiger partial charge in [-0.2, -0.15) is 0 Å². The summed E-state index contributed by atoms with van der Waals surface area (Å²) in [5, 5.41) is 3.44. The molecule has 2 aliphatic carbocycles. The number of fused-ring (bicyclic) bond motifs is 12. The summed E-state index contributed by atoms with van der Waals surface area (Å²) < 4.78 is 9.04. The van der Waals surface area contributed by atoms with E-state index in [2.05, 4.69) is 126 Å². The van der Waals surface area contributed by atoms with Gasteiger partial charge in [0.25, 0.3) is 0 Å². The summed E-state index contributed by atoms with van der Waals surface area (Å²) in [5.74, 6) is 1.71. The quantitative estimate of drug-likeness (QED) is 0.189. The lowest BCUT2D eigenvalue weighted by Crippen LogP contribution is -2.10. The average Bonchev–Trinajstić information content (AvgIpc) is 3.86. The number of para-hydroxylation sites is 2. The van der Waals surface area contributed by atoms with Gasteiger partial charge in [0.1, 0.15) is 11.1 Å². The fourth-order valence-corrected chi connectivity index (χ4v) is 9.11. The van der Waals surface area contributed by atoms with Gasteiger partial charge in [0.05, 0.1) is 11.0 Å². The van der Waals surface area contributed by atoms with E-state index >= 15 is 0 Å². The van der Waals surface area contributed by atoms with Crippen molar-refractivity contribution in [2.45, 2.75) is 12.3 Å². The van der Waals surface area contributed by atoms with E-state index in [1.807, 2.05) is 36.4 Å². The van der Waals surface area contributed by atoms with Gasteiger partial charge in [0, 0.05) is 27.6 Å². The van der Waals surface area contributed by atoms with Gasteiger partial charge in [-0.1, -0.05) is 127 Å². The van der Waals surface area contributed by atoms with Crippen molar-refractivity contribution in [2.75, 3.05) is 0 Å². The van der Waals surface area contributed by atoms with E-state index in [1.165, 1.54) is 60.8 Å². The first kappa shape index (κ1) is 28.0. The van der Waals surface area contributed by atoms with Gasteiger partial charge in [0.15, 0.2) is 17.2 Å². The van der Waals surface area contributed by atoms with Crippen molar-refractivity contribution in [3.8, 4) is 50.6 Å². The molecule has 0 bridgehead atoms. The van der Waals surface area contributed by atoms with Crippen LogP contribution in [0.25, 0.3) is 94.5 Å². The maximum Gasteiger partial charge on any atom is 0.197 e. The second-order valence-corrected chi connectivity index (χ2v) is 14.1. The Hall–Kier alpha value is -6.78. The van der Waals surface area contributed by atoms with Gasteiger partial charge in [-0.25, -0.2) is 9.97 Å². The van der Waals surface area contributed by atoms with Crippen molar-refractivity contribution >= 4 is 43.9 Å². The Morgan fingerprint density at radius 2 is 1.29 bits per heavy atom. The van der Waals surface area contributed by atoms with Crippen LogP contribution in [-0.2, 0) is 6.42 Å². The molecule has 52 heavy (non-hydrogen) atoms. The predicted molar refractivity (Wildman–Crippen MR) is 211 cm³/mol. The van der Waals surface area contributed by atoms with Crippen LogP contribution in [0.3, 0.4) is 0 Å². The van der Waals surface area contributed by atoms with Gasteiger partial charge in [-0.3, -0.25) is 4.57 Å². The molecule has 242 valence electrons. The third-order valence-electron chi connectivity index (χ3n) is 11.3. The molecule has 0 amide bonds. The summed E-state index contributed by atoms with van der Waals surface area (Å²) in [6.45, 7) is 0. The zero-order chi connectivity index (χ0) is 33.9. The second-order valence-electron chi connectivity index (χ2n) is 14.1. The molecule has 3 aromatic heterocycles. The van der Waals surface area contributed by atoms with Crippen LogP contribution in [0.4, 0.5) is 0 Å². The second kappa shape index (κ2) is 10.4. The molecule has 0 radical (unpaired) electrons. The Bertz CT molecular complexity index is 3100. The van der Waals surface area contributed by atoms with E-state index in [-0.39, 0.29) is 5.92 Å². The van der Waals surface area contributed by atoms with E-state index < -0.39 is 0 Å². The standard InChI is InChI=1S/C48H29N3O/c1-3-13-28(14-4-1)30-23-24-33-36(25-30)38-27-40-43(44-32-18-8-7-17-31(32)26-37(33)42(38)44)34-19-9-11-21-39(34)51(40)48-46-45(35-20-10-12-22-41(35)52-46)49-47(50-48)29-15-5-2-6-16-29/h1-25,27,37H,26H2. The summed E-state index contributed by atoms with van der Waals surface area (Å²) in [7, 11) is 0. The minimum Gasteiger partial charge on any atom is -0.450 e. The van der Waals surface area contributed by atoms with Crippen LogP contribution in [0.1, 0.15) is 22.6 Å². The van der Waals surface area contributed by atoms with Gasteiger partial charge < -0.3 is 4.42 Å². The molecule has 7 aromatic carbocycles. The van der Waals surface area contributed by atoms with Crippen LogP contribution in [0.5, 0.6) is 0 Å². The Labute approximate surface area is 299 Å². The van der Waals surface area contributed by atoms with E-state index in [9.17, 15) is 0 Å². The number of furan rings is 1. The Morgan fingerprint density at radius 3 is 2.15 bits per heavy atom. The Morgan fingerprint density at radius 1 is 0.558 bits per heavy atom. The van der Waals surface area contributed by atoms with Crippen molar-refractivity contribution in [3.05, 3.63) is 174 Å². The zero-order valence-corrected chi connectivity index (χ0v) is 28.0. The lowest BCUT2D eigenvalue weighted by molar-refractivity contribution is 0.662. The maximum atomic E-state index is 6.70. The van der Waals surface area contributed by atoms with Gasteiger partial charge in [-0.05, 0) is 86.8 Å². The van der Waals surface area contributed by atoms with Crippen molar-refractivity contribution in [1.82, 2.24) is 14.5 Å². The molecule has 10 aromatic rings. The van der Waals surface area contributed by atoms with Gasteiger partial charge in [0.2, 0.25) is 0 Å². The molecule has 0 fully saturated rings. The van der Waals surface area contributed by atoms with E-state index in [0.717, 1.165) is 45.3 Å². The number of benzene rings is 7. The van der Waals surface area contributed by atoms with Crippen LogP contribution in [0, 0.1) is 0 Å². The summed E-state index contributed by atoms with van der Waals surface area (Å²) in [6.07, 6.45) is 0.990. The molecule has 1 atom stereocenters. The topological polar surface area (TPSA) is 43.9 Å². The van der Waals surface area contributed by atoms with Crippen molar-refractivity contribution in [1.29, 1.82) is 0 Å². The molecule has 0 spiro atoms. The highest BCUT2D eigenvalue weighted by atomic mass is 16.3. The minimum absolute atomic E-state index is 0.289. The van der Waals surface area contributed by atoms with Crippen LogP contribution in [0.15, 0.2) is 162 Å². The van der Waals surface area contributed by atoms with Crippen molar-refractivity contribution in [2.24, 2.45) is 0 Å². The SMILES string of the molecule is c1ccc(-c2ccc3c(c2)-c2cc4c(c5c2C3Cc2ccccc2-5)c2ccccc2n4-c2nc(-c3ccccc3)nc3c2oc2ccccc23)cc1. The summed E-state index contributed by atoms with van der Waals surface area (Å²) in [6, 6.07) is 56.5. The molecule has 4 heteroatoms. The van der Waals surface area contributed by atoms with Crippen LogP contribution in [0.2, 0.25) is 0 Å². The lowest BCUT2D eigenvalue weighted by Gasteiger charge is -2.26. The zero-order valence-electron chi connectivity index (χ0n) is 28.0. The van der Waals surface area contributed by atoms with Crippen LogP contribution >= 0.6 is 0 Å². The number of hydrogen-bond acceptors (Lipinski definition) is 3.